The lowest BCUT2D eigenvalue weighted by Gasteiger charge is -2.00. The summed E-state index contributed by atoms with van der Waals surface area (Å²) in [5.41, 5.74) is 8.00. The molecule has 2 aromatic heterocycles. The van der Waals surface area contributed by atoms with Gasteiger partial charge in [0.05, 0.1) is 5.69 Å². The lowest BCUT2D eigenvalue weighted by Crippen LogP contribution is -2.02. The molecule has 0 aliphatic rings. The van der Waals surface area contributed by atoms with E-state index < -0.39 is 0 Å². The third-order valence-electron chi connectivity index (χ3n) is 1.45. The van der Waals surface area contributed by atoms with Gasteiger partial charge in [-0.1, -0.05) is 11.3 Å². The molecule has 0 saturated carbocycles. The van der Waals surface area contributed by atoms with Crippen LogP contribution in [0, 0.1) is 0 Å². The van der Waals surface area contributed by atoms with Crippen LogP contribution in [-0.2, 0) is 6.54 Å². The van der Waals surface area contributed by atoms with E-state index in [1.54, 1.807) is 17.9 Å². The van der Waals surface area contributed by atoms with Crippen molar-refractivity contribution >= 4 is 23.1 Å². The molecule has 2 rings (SSSR count). The maximum absolute atomic E-state index is 5.53. The summed E-state index contributed by atoms with van der Waals surface area (Å²) < 4.78 is 0.847. The van der Waals surface area contributed by atoms with Gasteiger partial charge in [0, 0.05) is 18.9 Å². The van der Waals surface area contributed by atoms with Gasteiger partial charge in [0.1, 0.15) is 10.5 Å². The lowest BCUT2D eigenvalue weighted by molar-refractivity contribution is 0.884. The largest absolute Gasteiger partial charge is 0.325 e. The highest BCUT2D eigenvalue weighted by Gasteiger charge is 2.07. The van der Waals surface area contributed by atoms with E-state index in [-0.39, 0.29) is 0 Å². The highest BCUT2D eigenvalue weighted by atomic mass is 32.2. The van der Waals surface area contributed by atoms with Crippen LogP contribution in [0.1, 0.15) is 5.69 Å². The maximum atomic E-state index is 5.53. The van der Waals surface area contributed by atoms with Gasteiger partial charge < -0.3 is 5.73 Å². The Balaban J connectivity index is 2.24. The van der Waals surface area contributed by atoms with Crippen molar-refractivity contribution in [2.24, 2.45) is 5.73 Å². The van der Waals surface area contributed by atoms with E-state index in [4.69, 9.17) is 5.73 Å². The average molecular weight is 225 g/mol. The maximum Gasteiger partial charge on any atom is 0.180 e. The molecule has 0 aliphatic carbocycles. The molecule has 0 saturated heterocycles. The van der Waals surface area contributed by atoms with Crippen LogP contribution in [0.4, 0.5) is 0 Å². The van der Waals surface area contributed by atoms with Crippen molar-refractivity contribution in [1.29, 1.82) is 0 Å². The fourth-order valence-electron chi connectivity index (χ4n) is 0.869. The highest BCUT2D eigenvalue weighted by Crippen LogP contribution is 2.27. The first kappa shape index (κ1) is 9.50. The van der Waals surface area contributed by atoms with E-state index >= 15 is 0 Å². The molecule has 0 bridgehead atoms. The second kappa shape index (κ2) is 4.45. The minimum atomic E-state index is 0.384. The third-order valence-corrected chi connectivity index (χ3v) is 3.27. The number of nitrogens with two attached hydrogens (primary N) is 1. The van der Waals surface area contributed by atoms with E-state index in [0.29, 0.717) is 6.54 Å². The van der Waals surface area contributed by atoms with Crippen LogP contribution in [0.3, 0.4) is 0 Å². The summed E-state index contributed by atoms with van der Waals surface area (Å²) in [6.07, 6.45) is 3.27. The molecule has 0 spiro atoms. The van der Waals surface area contributed by atoms with Crippen LogP contribution in [0.15, 0.2) is 27.3 Å². The summed E-state index contributed by atoms with van der Waals surface area (Å²) in [4.78, 5) is 8.31. The van der Waals surface area contributed by atoms with Crippen molar-refractivity contribution in [3.63, 3.8) is 0 Å². The van der Waals surface area contributed by atoms with E-state index in [9.17, 15) is 0 Å². The Morgan fingerprint density at radius 1 is 1.36 bits per heavy atom. The Morgan fingerprint density at radius 2 is 2.21 bits per heavy atom. The molecule has 2 heterocycles. The van der Waals surface area contributed by atoms with Gasteiger partial charge in [-0.2, -0.15) is 0 Å². The first-order valence-electron chi connectivity index (χ1n) is 3.84. The molecule has 5 nitrogen and oxygen atoms in total. The number of hydrogen-bond donors (Lipinski definition) is 1. The molecule has 0 radical (unpaired) electrons. The van der Waals surface area contributed by atoms with Crippen molar-refractivity contribution < 1.29 is 0 Å². The summed E-state index contributed by atoms with van der Waals surface area (Å²) in [7, 11) is 0. The smallest absolute Gasteiger partial charge is 0.180 e. The zero-order chi connectivity index (χ0) is 9.80. The molecule has 0 aromatic carbocycles. The van der Waals surface area contributed by atoms with Crippen LogP contribution in [0.2, 0.25) is 0 Å². The van der Waals surface area contributed by atoms with Gasteiger partial charge in [-0.25, -0.2) is 4.98 Å². The van der Waals surface area contributed by atoms with Crippen molar-refractivity contribution in [2.75, 3.05) is 0 Å². The topological polar surface area (TPSA) is 77.6 Å². The zero-order valence-electron chi connectivity index (χ0n) is 7.12. The lowest BCUT2D eigenvalue weighted by atomic mass is 10.5. The molecule has 7 heteroatoms. The van der Waals surface area contributed by atoms with E-state index in [2.05, 4.69) is 20.2 Å². The Bertz CT molecular complexity index is 402. The molecule has 2 N–H and O–H groups in total. The second-order valence-electron chi connectivity index (χ2n) is 2.32. The molecule has 0 amide bonds. The van der Waals surface area contributed by atoms with Crippen molar-refractivity contribution in [3.8, 4) is 0 Å². The predicted octanol–water partition coefficient (Wildman–Crippen LogP) is 0.938. The molecule has 2 aromatic rings. The Kier molecular flexibility index (Phi) is 3.02. The number of hydrogen-bond acceptors (Lipinski definition) is 7. The average Bonchev–Trinajstić information content (AvgIpc) is 2.71. The molecule has 0 aliphatic heterocycles. The van der Waals surface area contributed by atoms with Crippen LogP contribution in [0.25, 0.3) is 0 Å². The SMILES string of the molecule is NCc1nccnc1Sc1nncs1. The quantitative estimate of drug-likeness (QED) is 0.837. The molecular formula is C7H7N5S2. The minimum Gasteiger partial charge on any atom is -0.325 e. The molecule has 0 atom stereocenters. The fraction of sp³-hybridized carbons (Fsp3) is 0.143. The first-order chi connectivity index (χ1) is 6.90. The van der Waals surface area contributed by atoms with Crippen molar-refractivity contribution in [1.82, 2.24) is 20.2 Å². The Morgan fingerprint density at radius 3 is 2.93 bits per heavy atom. The summed E-state index contributed by atoms with van der Waals surface area (Å²) in [5, 5.41) is 8.45. The van der Waals surface area contributed by atoms with Gasteiger partial charge >= 0.3 is 0 Å². The highest BCUT2D eigenvalue weighted by molar-refractivity contribution is 8.01. The van der Waals surface area contributed by atoms with Gasteiger partial charge in [0.25, 0.3) is 0 Å². The van der Waals surface area contributed by atoms with Crippen LogP contribution in [-0.4, -0.2) is 20.2 Å². The van der Waals surface area contributed by atoms with Crippen LogP contribution in [0.5, 0.6) is 0 Å². The Hall–Kier alpha value is -1.05. The molecular weight excluding hydrogens is 218 g/mol. The van der Waals surface area contributed by atoms with E-state index in [0.717, 1.165) is 15.1 Å². The number of nitrogens with zero attached hydrogens (tertiary/aromatic N) is 4. The van der Waals surface area contributed by atoms with Gasteiger partial charge in [0.15, 0.2) is 4.34 Å². The van der Waals surface area contributed by atoms with Gasteiger partial charge in [0.2, 0.25) is 0 Å². The minimum absolute atomic E-state index is 0.384. The van der Waals surface area contributed by atoms with Gasteiger partial charge in [-0.05, 0) is 11.8 Å². The van der Waals surface area contributed by atoms with Crippen LogP contribution < -0.4 is 5.73 Å². The van der Waals surface area contributed by atoms with Crippen molar-refractivity contribution in [3.05, 3.63) is 23.6 Å². The molecule has 0 unspecified atom stereocenters. The van der Waals surface area contributed by atoms with Gasteiger partial charge in [-0.15, -0.1) is 10.2 Å². The summed E-state index contributed by atoms with van der Waals surface area (Å²) in [6.45, 7) is 0.384. The predicted molar refractivity (Wildman–Crippen MR) is 54.0 cm³/mol. The zero-order valence-corrected chi connectivity index (χ0v) is 8.75. The fourth-order valence-corrected chi connectivity index (χ4v) is 2.33. The third kappa shape index (κ3) is 2.06. The second-order valence-corrected chi connectivity index (χ2v) is 4.39. The Labute approximate surface area is 88.8 Å². The van der Waals surface area contributed by atoms with Crippen LogP contribution >= 0.6 is 23.1 Å². The van der Waals surface area contributed by atoms with Gasteiger partial charge in [-0.3, -0.25) is 4.98 Å². The summed E-state index contributed by atoms with van der Waals surface area (Å²) in [5.74, 6) is 0. The molecule has 14 heavy (non-hydrogen) atoms. The first-order valence-corrected chi connectivity index (χ1v) is 5.53. The summed E-state index contributed by atoms with van der Waals surface area (Å²) >= 11 is 2.91. The standard InChI is InChI=1S/C7H7N5S2/c8-3-5-6(10-2-1-9-5)14-7-12-11-4-13-7/h1-2,4H,3,8H2. The van der Waals surface area contributed by atoms with Crippen molar-refractivity contribution in [2.45, 2.75) is 15.9 Å². The number of rotatable bonds is 3. The van der Waals surface area contributed by atoms with E-state index in [1.807, 2.05) is 0 Å². The van der Waals surface area contributed by atoms with E-state index in [1.165, 1.54) is 23.1 Å². The monoisotopic (exact) mass is 225 g/mol. The molecule has 72 valence electrons. The molecule has 0 fully saturated rings. The number of aromatic nitrogens is 4. The summed E-state index contributed by atoms with van der Waals surface area (Å²) in [6, 6.07) is 0. The normalized spacial score (nSPS) is 10.4.